The molecule has 5 heteroatoms. The Balaban J connectivity index is 2.25. The van der Waals surface area contributed by atoms with Crippen molar-refractivity contribution in [3.63, 3.8) is 0 Å². The Kier molecular flexibility index (Phi) is 8.34. The molecule has 1 aromatic rings. The van der Waals surface area contributed by atoms with Crippen molar-refractivity contribution in [2.24, 2.45) is 0 Å². The fourth-order valence-electron chi connectivity index (χ4n) is 1.65. The van der Waals surface area contributed by atoms with Crippen molar-refractivity contribution >= 4 is 17.7 Å². The van der Waals surface area contributed by atoms with E-state index in [1.54, 1.807) is 7.11 Å². The van der Waals surface area contributed by atoms with E-state index < -0.39 is 6.10 Å². The molecule has 112 valence electrons. The van der Waals surface area contributed by atoms with Gasteiger partial charge in [-0.1, -0.05) is 30.3 Å². The van der Waals surface area contributed by atoms with Crippen molar-refractivity contribution in [2.75, 3.05) is 26.0 Å². The van der Waals surface area contributed by atoms with Crippen LogP contribution in [0.15, 0.2) is 30.3 Å². The van der Waals surface area contributed by atoms with Gasteiger partial charge in [-0.2, -0.15) is 0 Å². The van der Waals surface area contributed by atoms with E-state index in [9.17, 15) is 9.90 Å². The number of amides is 1. The Morgan fingerprint density at radius 3 is 2.75 bits per heavy atom. The molecule has 1 aromatic carbocycles. The number of benzene rings is 1. The molecular formula is C15H23NO3S. The Labute approximate surface area is 124 Å². The van der Waals surface area contributed by atoms with E-state index in [-0.39, 0.29) is 11.2 Å². The summed E-state index contributed by atoms with van der Waals surface area (Å²) in [6.07, 6.45) is 0.275. The number of nitrogens with one attached hydrogen (secondary N) is 1. The first-order chi connectivity index (χ1) is 9.65. The van der Waals surface area contributed by atoms with Gasteiger partial charge in [0, 0.05) is 26.0 Å². The van der Waals surface area contributed by atoms with Crippen LogP contribution >= 0.6 is 11.8 Å². The van der Waals surface area contributed by atoms with Crippen LogP contribution < -0.4 is 5.32 Å². The largest absolute Gasteiger partial charge is 0.388 e. The molecule has 0 aliphatic rings. The molecule has 0 fully saturated rings. The number of thioether (sulfide) groups is 1. The van der Waals surface area contributed by atoms with Crippen molar-refractivity contribution in [1.29, 1.82) is 0 Å². The predicted octanol–water partition coefficient (Wildman–Crippen LogP) is 1.99. The molecule has 2 unspecified atom stereocenters. The standard InChI is InChI=1S/C15H23NO3S/c1-12(15(18)16-9-6-10-19-2)20-11-14(17)13-7-4-3-5-8-13/h3-5,7-8,12,14,17H,6,9-11H2,1-2H3,(H,16,18). The fourth-order valence-corrected chi connectivity index (χ4v) is 2.55. The van der Waals surface area contributed by atoms with Gasteiger partial charge >= 0.3 is 0 Å². The van der Waals surface area contributed by atoms with Crippen LogP contribution in [0, 0.1) is 0 Å². The van der Waals surface area contributed by atoms with E-state index in [2.05, 4.69) is 5.32 Å². The number of carbonyl (C=O) groups excluding carboxylic acids is 1. The fraction of sp³-hybridized carbons (Fsp3) is 0.533. The summed E-state index contributed by atoms with van der Waals surface area (Å²) in [6.45, 7) is 3.13. The molecule has 0 aromatic heterocycles. The topological polar surface area (TPSA) is 58.6 Å². The molecule has 0 bridgehead atoms. The number of carbonyl (C=O) groups is 1. The van der Waals surface area contributed by atoms with Crippen molar-refractivity contribution in [3.8, 4) is 0 Å². The zero-order chi connectivity index (χ0) is 14.8. The zero-order valence-corrected chi connectivity index (χ0v) is 12.9. The van der Waals surface area contributed by atoms with Gasteiger partial charge in [-0.3, -0.25) is 4.79 Å². The van der Waals surface area contributed by atoms with Gasteiger partial charge in [0.1, 0.15) is 0 Å². The Morgan fingerprint density at radius 1 is 1.40 bits per heavy atom. The van der Waals surface area contributed by atoms with Crippen LogP contribution in [0.3, 0.4) is 0 Å². The van der Waals surface area contributed by atoms with Gasteiger partial charge in [-0.05, 0) is 18.9 Å². The number of aliphatic hydroxyl groups is 1. The van der Waals surface area contributed by atoms with Gasteiger partial charge in [0.25, 0.3) is 0 Å². The average Bonchev–Trinajstić information content (AvgIpc) is 2.49. The average molecular weight is 297 g/mol. The quantitative estimate of drug-likeness (QED) is 0.684. The van der Waals surface area contributed by atoms with E-state index in [0.717, 1.165) is 12.0 Å². The summed E-state index contributed by atoms with van der Waals surface area (Å²) in [7, 11) is 1.64. The Bertz CT molecular complexity index is 386. The maximum Gasteiger partial charge on any atom is 0.232 e. The lowest BCUT2D eigenvalue weighted by Crippen LogP contribution is -2.32. The lowest BCUT2D eigenvalue weighted by Gasteiger charge is -2.15. The maximum atomic E-state index is 11.8. The number of rotatable bonds is 9. The molecular weight excluding hydrogens is 274 g/mol. The van der Waals surface area contributed by atoms with Crippen LogP contribution in [0.25, 0.3) is 0 Å². The third kappa shape index (κ3) is 6.41. The first-order valence-corrected chi connectivity index (χ1v) is 7.81. The van der Waals surface area contributed by atoms with Crippen LogP contribution in [-0.4, -0.2) is 42.3 Å². The minimum absolute atomic E-state index is 0.00589. The predicted molar refractivity (Wildman–Crippen MR) is 82.8 cm³/mol. The van der Waals surface area contributed by atoms with Crippen molar-refractivity contribution in [3.05, 3.63) is 35.9 Å². The summed E-state index contributed by atoms with van der Waals surface area (Å²) < 4.78 is 4.92. The third-order valence-corrected chi connectivity index (χ3v) is 4.10. The minimum Gasteiger partial charge on any atom is -0.388 e. The summed E-state index contributed by atoms with van der Waals surface area (Å²) >= 11 is 1.46. The Hall–Kier alpha value is -1.04. The first-order valence-electron chi connectivity index (χ1n) is 6.76. The van der Waals surface area contributed by atoms with E-state index in [1.807, 2.05) is 37.3 Å². The molecule has 0 aliphatic heterocycles. The highest BCUT2D eigenvalue weighted by molar-refractivity contribution is 8.00. The molecule has 20 heavy (non-hydrogen) atoms. The lowest BCUT2D eigenvalue weighted by atomic mass is 10.1. The van der Waals surface area contributed by atoms with Crippen molar-refractivity contribution in [2.45, 2.75) is 24.7 Å². The summed E-state index contributed by atoms with van der Waals surface area (Å²) in [5.74, 6) is 0.516. The minimum atomic E-state index is -0.537. The van der Waals surface area contributed by atoms with E-state index in [0.29, 0.717) is 18.9 Å². The molecule has 0 saturated heterocycles. The van der Waals surface area contributed by atoms with Crippen LogP contribution in [0.5, 0.6) is 0 Å². The van der Waals surface area contributed by atoms with Gasteiger partial charge in [-0.15, -0.1) is 11.8 Å². The Morgan fingerprint density at radius 2 is 2.10 bits per heavy atom. The van der Waals surface area contributed by atoms with Crippen LogP contribution in [0.4, 0.5) is 0 Å². The second-order valence-electron chi connectivity index (χ2n) is 4.54. The number of hydrogen-bond donors (Lipinski definition) is 2. The molecule has 0 heterocycles. The van der Waals surface area contributed by atoms with Gasteiger partial charge < -0.3 is 15.2 Å². The summed E-state index contributed by atoms with van der Waals surface area (Å²) in [5.41, 5.74) is 0.882. The molecule has 0 spiro atoms. The molecule has 0 aliphatic carbocycles. The summed E-state index contributed by atoms with van der Waals surface area (Å²) in [4.78, 5) is 11.8. The van der Waals surface area contributed by atoms with Crippen molar-refractivity contribution in [1.82, 2.24) is 5.32 Å². The van der Waals surface area contributed by atoms with Gasteiger partial charge in [-0.25, -0.2) is 0 Å². The molecule has 2 atom stereocenters. The normalized spacial score (nSPS) is 13.8. The van der Waals surface area contributed by atoms with Crippen molar-refractivity contribution < 1.29 is 14.6 Å². The molecule has 0 saturated carbocycles. The van der Waals surface area contributed by atoms with E-state index in [4.69, 9.17) is 4.74 Å². The highest BCUT2D eigenvalue weighted by Crippen LogP contribution is 2.21. The number of hydrogen-bond acceptors (Lipinski definition) is 4. The smallest absolute Gasteiger partial charge is 0.232 e. The van der Waals surface area contributed by atoms with E-state index >= 15 is 0 Å². The summed E-state index contributed by atoms with van der Waals surface area (Å²) in [5, 5.41) is 12.7. The van der Waals surface area contributed by atoms with Crippen LogP contribution in [0.1, 0.15) is 25.0 Å². The maximum absolute atomic E-state index is 11.8. The van der Waals surface area contributed by atoms with E-state index in [1.165, 1.54) is 11.8 Å². The number of ether oxygens (including phenoxy) is 1. The second kappa shape index (κ2) is 9.80. The zero-order valence-electron chi connectivity index (χ0n) is 12.0. The second-order valence-corrected chi connectivity index (χ2v) is 5.91. The molecule has 1 amide bonds. The first kappa shape index (κ1) is 17.0. The highest BCUT2D eigenvalue weighted by Gasteiger charge is 2.15. The summed E-state index contributed by atoms with van der Waals surface area (Å²) in [6, 6.07) is 9.49. The SMILES string of the molecule is COCCCNC(=O)C(C)SCC(O)c1ccccc1. The number of methoxy groups -OCH3 is 1. The lowest BCUT2D eigenvalue weighted by molar-refractivity contribution is -0.120. The van der Waals surface area contributed by atoms with Crippen LogP contribution in [0.2, 0.25) is 0 Å². The molecule has 0 radical (unpaired) electrons. The highest BCUT2D eigenvalue weighted by atomic mass is 32.2. The monoisotopic (exact) mass is 297 g/mol. The third-order valence-electron chi connectivity index (χ3n) is 2.88. The van der Waals surface area contributed by atoms with Gasteiger partial charge in [0.05, 0.1) is 11.4 Å². The molecule has 1 rings (SSSR count). The molecule has 2 N–H and O–H groups in total. The molecule has 4 nitrogen and oxygen atoms in total. The number of aliphatic hydroxyl groups excluding tert-OH is 1. The van der Waals surface area contributed by atoms with Gasteiger partial charge in [0.15, 0.2) is 0 Å². The van der Waals surface area contributed by atoms with Gasteiger partial charge in [0.2, 0.25) is 5.91 Å². The van der Waals surface area contributed by atoms with Crippen LogP contribution in [-0.2, 0) is 9.53 Å².